The van der Waals surface area contributed by atoms with Gasteiger partial charge in [0, 0.05) is 38.3 Å². The number of hydrogen-bond acceptors (Lipinski definition) is 5. The molecule has 0 amide bonds. The molecule has 0 saturated carbocycles. The molecule has 0 aliphatic carbocycles. The lowest BCUT2D eigenvalue weighted by Crippen LogP contribution is -2.43. The van der Waals surface area contributed by atoms with Gasteiger partial charge in [-0.15, -0.1) is 0 Å². The molecule has 0 spiro atoms. The molecule has 2 aromatic heterocycles. The standard InChI is InChI=1S/C21H22N4OS/c1-26-16-6-4-5-15(13-16)20-18(14-24-11-9-22-10-12-24)25-17-7-2-3-8-19(17)27-21(25)23-20/h2-8,13,22H,9-12,14H2,1H3. The van der Waals surface area contributed by atoms with Crippen LogP contribution >= 0.6 is 11.3 Å². The molecule has 4 aromatic rings. The van der Waals surface area contributed by atoms with Crippen LogP contribution in [0.4, 0.5) is 0 Å². The lowest BCUT2D eigenvalue weighted by Gasteiger charge is -2.27. The van der Waals surface area contributed by atoms with Crippen molar-refractivity contribution in [2.75, 3.05) is 33.3 Å². The number of ether oxygens (including phenoxy) is 1. The average Bonchev–Trinajstić information content (AvgIpc) is 3.25. The summed E-state index contributed by atoms with van der Waals surface area (Å²) >= 11 is 1.75. The van der Waals surface area contributed by atoms with E-state index < -0.39 is 0 Å². The Morgan fingerprint density at radius 3 is 2.81 bits per heavy atom. The normalized spacial score (nSPS) is 15.6. The Bertz CT molecular complexity index is 1090. The first-order chi connectivity index (χ1) is 13.3. The molecule has 27 heavy (non-hydrogen) atoms. The van der Waals surface area contributed by atoms with Gasteiger partial charge in [-0.2, -0.15) is 0 Å². The predicted octanol–water partition coefficient (Wildman–Crippen LogP) is 3.63. The van der Waals surface area contributed by atoms with Gasteiger partial charge in [-0.1, -0.05) is 35.6 Å². The summed E-state index contributed by atoms with van der Waals surface area (Å²) in [5.41, 5.74) is 4.67. The van der Waals surface area contributed by atoms with Crippen LogP contribution in [-0.2, 0) is 6.54 Å². The Labute approximate surface area is 162 Å². The number of nitrogens with one attached hydrogen (secondary N) is 1. The van der Waals surface area contributed by atoms with Gasteiger partial charge >= 0.3 is 0 Å². The summed E-state index contributed by atoms with van der Waals surface area (Å²) < 4.78 is 9.06. The third-order valence-corrected chi connectivity index (χ3v) is 6.20. The minimum absolute atomic E-state index is 0.863. The fourth-order valence-corrected chi connectivity index (χ4v) is 4.85. The molecule has 0 radical (unpaired) electrons. The van der Waals surface area contributed by atoms with Crippen LogP contribution in [0.2, 0.25) is 0 Å². The van der Waals surface area contributed by atoms with E-state index >= 15 is 0 Å². The van der Waals surface area contributed by atoms with Crippen LogP contribution in [0.1, 0.15) is 5.69 Å². The second-order valence-corrected chi connectivity index (χ2v) is 7.86. The first-order valence-electron chi connectivity index (χ1n) is 9.30. The fourth-order valence-electron chi connectivity index (χ4n) is 3.80. The highest BCUT2D eigenvalue weighted by atomic mass is 32.1. The lowest BCUT2D eigenvalue weighted by molar-refractivity contribution is 0.231. The highest BCUT2D eigenvalue weighted by molar-refractivity contribution is 7.23. The van der Waals surface area contributed by atoms with Crippen molar-refractivity contribution in [2.24, 2.45) is 0 Å². The molecule has 6 heteroatoms. The number of imidazole rings is 1. The molecule has 1 saturated heterocycles. The van der Waals surface area contributed by atoms with Crippen LogP contribution in [0.5, 0.6) is 5.75 Å². The molecule has 1 fully saturated rings. The average molecular weight is 379 g/mol. The Morgan fingerprint density at radius 2 is 1.96 bits per heavy atom. The number of fused-ring (bicyclic) bond motifs is 3. The summed E-state index contributed by atoms with van der Waals surface area (Å²) in [5, 5.41) is 3.44. The van der Waals surface area contributed by atoms with Gasteiger partial charge in [-0.3, -0.25) is 9.30 Å². The molecule has 0 atom stereocenters. The van der Waals surface area contributed by atoms with Crippen molar-refractivity contribution in [3.8, 4) is 17.0 Å². The highest BCUT2D eigenvalue weighted by Crippen LogP contribution is 2.34. The molecule has 138 valence electrons. The maximum Gasteiger partial charge on any atom is 0.195 e. The fraction of sp³-hybridized carbons (Fsp3) is 0.286. The zero-order chi connectivity index (χ0) is 18.2. The summed E-state index contributed by atoms with van der Waals surface area (Å²) in [6, 6.07) is 16.8. The van der Waals surface area contributed by atoms with E-state index in [1.165, 1.54) is 15.9 Å². The molecule has 1 N–H and O–H groups in total. The second-order valence-electron chi connectivity index (χ2n) is 6.85. The van der Waals surface area contributed by atoms with Crippen LogP contribution in [0.25, 0.3) is 26.4 Å². The molecule has 5 nitrogen and oxygen atoms in total. The Balaban J connectivity index is 1.70. The molecule has 1 aliphatic rings. The number of nitrogens with zero attached hydrogens (tertiary/aromatic N) is 3. The van der Waals surface area contributed by atoms with E-state index in [2.05, 4.69) is 51.0 Å². The molecule has 0 bridgehead atoms. The van der Waals surface area contributed by atoms with Crippen LogP contribution in [0.15, 0.2) is 48.5 Å². The molecular formula is C21H22N4OS. The van der Waals surface area contributed by atoms with E-state index in [0.29, 0.717) is 0 Å². The quantitative estimate of drug-likeness (QED) is 0.589. The van der Waals surface area contributed by atoms with Crippen LogP contribution in [0.3, 0.4) is 0 Å². The zero-order valence-electron chi connectivity index (χ0n) is 15.3. The van der Waals surface area contributed by atoms with Gasteiger partial charge in [0.25, 0.3) is 0 Å². The highest BCUT2D eigenvalue weighted by Gasteiger charge is 2.21. The van der Waals surface area contributed by atoms with Crippen molar-refractivity contribution in [2.45, 2.75) is 6.54 Å². The summed E-state index contributed by atoms with van der Waals surface area (Å²) in [6.07, 6.45) is 0. The van der Waals surface area contributed by atoms with E-state index in [1.54, 1.807) is 18.4 Å². The first kappa shape index (κ1) is 16.7. The lowest BCUT2D eigenvalue weighted by atomic mass is 10.1. The van der Waals surface area contributed by atoms with Gasteiger partial charge in [0.15, 0.2) is 4.96 Å². The maximum atomic E-state index is 5.44. The third kappa shape index (κ3) is 3.00. The Morgan fingerprint density at radius 1 is 1.11 bits per heavy atom. The van der Waals surface area contributed by atoms with E-state index in [0.717, 1.165) is 54.7 Å². The third-order valence-electron chi connectivity index (χ3n) is 5.18. The van der Waals surface area contributed by atoms with Gasteiger partial charge in [0.2, 0.25) is 0 Å². The summed E-state index contributed by atoms with van der Waals surface area (Å²) in [4.78, 5) is 8.61. The SMILES string of the molecule is COc1cccc(-c2nc3sc4ccccc4n3c2CN2CCNCC2)c1. The van der Waals surface area contributed by atoms with Crippen molar-refractivity contribution in [1.29, 1.82) is 0 Å². The number of methoxy groups -OCH3 is 1. The van der Waals surface area contributed by atoms with Crippen molar-refractivity contribution in [3.63, 3.8) is 0 Å². The predicted molar refractivity (Wildman–Crippen MR) is 111 cm³/mol. The maximum absolute atomic E-state index is 5.44. The van der Waals surface area contributed by atoms with Crippen LogP contribution in [0, 0.1) is 0 Å². The minimum Gasteiger partial charge on any atom is -0.497 e. The van der Waals surface area contributed by atoms with E-state index in [4.69, 9.17) is 9.72 Å². The van der Waals surface area contributed by atoms with Crippen LogP contribution < -0.4 is 10.1 Å². The second kappa shape index (κ2) is 6.96. The van der Waals surface area contributed by atoms with Gasteiger partial charge in [-0.25, -0.2) is 4.98 Å². The number of rotatable bonds is 4. The monoisotopic (exact) mass is 378 g/mol. The van der Waals surface area contributed by atoms with Gasteiger partial charge < -0.3 is 10.1 Å². The van der Waals surface area contributed by atoms with Crippen LogP contribution in [-0.4, -0.2) is 47.6 Å². The zero-order valence-corrected chi connectivity index (χ0v) is 16.1. The number of benzene rings is 2. The topological polar surface area (TPSA) is 41.8 Å². The number of thiazole rings is 1. The van der Waals surface area contributed by atoms with E-state index in [-0.39, 0.29) is 0 Å². The summed E-state index contributed by atoms with van der Waals surface area (Å²) in [7, 11) is 1.71. The Hall–Kier alpha value is -2.41. The smallest absolute Gasteiger partial charge is 0.195 e. The minimum atomic E-state index is 0.863. The summed E-state index contributed by atoms with van der Waals surface area (Å²) in [6.45, 7) is 5.11. The van der Waals surface area contributed by atoms with Gasteiger partial charge in [0.05, 0.1) is 28.7 Å². The molecule has 0 unspecified atom stereocenters. The summed E-state index contributed by atoms with van der Waals surface area (Å²) in [5.74, 6) is 0.863. The van der Waals surface area contributed by atoms with E-state index in [1.807, 2.05) is 12.1 Å². The number of piperazine rings is 1. The van der Waals surface area contributed by atoms with Gasteiger partial charge in [0.1, 0.15) is 5.75 Å². The first-order valence-corrected chi connectivity index (χ1v) is 10.1. The number of para-hydroxylation sites is 1. The number of aromatic nitrogens is 2. The van der Waals surface area contributed by atoms with Crippen molar-refractivity contribution in [1.82, 2.24) is 19.6 Å². The largest absolute Gasteiger partial charge is 0.497 e. The van der Waals surface area contributed by atoms with Crippen molar-refractivity contribution >= 4 is 26.5 Å². The number of hydrogen-bond donors (Lipinski definition) is 1. The van der Waals surface area contributed by atoms with E-state index in [9.17, 15) is 0 Å². The van der Waals surface area contributed by atoms with Crippen molar-refractivity contribution in [3.05, 3.63) is 54.2 Å². The molecule has 2 aromatic carbocycles. The molecular weight excluding hydrogens is 356 g/mol. The van der Waals surface area contributed by atoms with Crippen molar-refractivity contribution < 1.29 is 4.74 Å². The van der Waals surface area contributed by atoms with Gasteiger partial charge in [-0.05, 0) is 24.3 Å². The molecule has 5 rings (SSSR count). The molecule has 3 heterocycles. The Kier molecular flexibility index (Phi) is 4.32. The molecule has 1 aliphatic heterocycles.